The van der Waals surface area contributed by atoms with Crippen molar-refractivity contribution in [2.75, 3.05) is 6.61 Å². The number of carbonyl (C=O) groups excluding carboxylic acids is 1. The minimum Gasteiger partial charge on any atom is -0.479 e. The largest absolute Gasteiger partial charge is 0.479 e. The van der Waals surface area contributed by atoms with Gasteiger partial charge in [0.15, 0.2) is 0 Å². The standard InChI is InChI=1S/C21H31NO4/c1-5-26-17-14-21(19(24)25,20(17,3)4)22-18(23)9-7-6-8-16-12-10-15(2)11-13-16/h10-13,17H,5-9,14H2,1-4H3,(H,22,23)(H,24,25). The summed E-state index contributed by atoms with van der Waals surface area (Å²) in [5.74, 6) is -1.18. The Kier molecular flexibility index (Phi) is 6.45. The maximum absolute atomic E-state index is 12.3. The number of carboxylic acids is 1. The number of amides is 1. The lowest BCUT2D eigenvalue weighted by atomic mass is 9.54. The minimum atomic E-state index is -1.24. The number of benzene rings is 1. The summed E-state index contributed by atoms with van der Waals surface area (Å²) in [5.41, 5.74) is 0.631. The van der Waals surface area contributed by atoms with Gasteiger partial charge < -0.3 is 15.2 Å². The van der Waals surface area contributed by atoms with Gasteiger partial charge >= 0.3 is 5.97 Å². The number of nitrogens with one attached hydrogen (secondary N) is 1. The van der Waals surface area contributed by atoms with Gasteiger partial charge in [-0.25, -0.2) is 4.79 Å². The molecule has 144 valence electrons. The van der Waals surface area contributed by atoms with Crippen LogP contribution in [0.4, 0.5) is 0 Å². The van der Waals surface area contributed by atoms with Gasteiger partial charge in [-0.15, -0.1) is 0 Å². The van der Waals surface area contributed by atoms with Crippen molar-refractivity contribution in [2.45, 2.75) is 71.4 Å². The van der Waals surface area contributed by atoms with Gasteiger partial charge in [0.05, 0.1) is 6.10 Å². The van der Waals surface area contributed by atoms with Crippen LogP contribution in [0.2, 0.25) is 0 Å². The first-order chi connectivity index (χ1) is 12.2. The molecule has 2 unspecified atom stereocenters. The van der Waals surface area contributed by atoms with Crippen LogP contribution in [0.1, 0.15) is 57.6 Å². The zero-order valence-corrected chi connectivity index (χ0v) is 16.3. The summed E-state index contributed by atoms with van der Waals surface area (Å²) in [4.78, 5) is 24.2. The third-order valence-electron chi connectivity index (χ3n) is 5.72. The Bertz CT molecular complexity index is 638. The van der Waals surface area contributed by atoms with Gasteiger partial charge in [-0.05, 0) is 38.7 Å². The molecule has 1 fully saturated rings. The summed E-state index contributed by atoms with van der Waals surface area (Å²) < 4.78 is 5.62. The normalized spacial score (nSPS) is 23.9. The highest BCUT2D eigenvalue weighted by Crippen LogP contribution is 2.51. The average molecular weight is 361 g/mol. The lowest BCUT2D eigenvalue weighted by molar-refractivity contribution is -0.194. The highest BCUT2D eigenvalue weighted by Gasteiger charge is 2.66. The molecule has 0 heterocycles. The molecule has 2 N–H and O–H groups in total. The van der Waals surface area contributed by atoms with E-state index >= 15 is 0 Å². The molecule has 0 aliphatic heterocycles. The van der Waals surface area contributed by atoms with Crippen molar-refractivity contribution in [3.05, 3.63) is 35.4 Å². The van der Waals surface area contributed by atoms with Crippen molar-refractivity contribution in [3.8, 4) is 0 Å². The summed E-state index contributed by atoms with van der Waals surface area (Å²) in [6.45, 7) is 8.19. The molecule has 1 aromatic carbocycles. The third-order valence-corrected chi connectivity index (χ3v) is 5.72. The predicted octanol–water partition coefficient (Wildman–Crippen LogP) is 3.48. The predicted molar refractivity (Wildman–Crippen MR) is 101 cm³/mol. The van der Waals surface area contributed by atoms with E-state index in [9.17, 15) is 14.7 Å². The Morgan fingerprint density at radius 3 is 2.42 bits per heavy atom. The van der Waals surface area contributed by atoms with Gasteiger partial charge in [-0.1, -0.05) is 43.7 Å². The SMILES string of the molecule is CCOC1CC(NC(=O)CCCCc2ccc(C)cc2)(C(=O)O)C1(C)C. The molecular formula is C21H31NO4. The van der Waals surface area contributed by atoms with Gasteiger partial charge in [0.1, 0.15) is 5.54 Å². The lowest BCUT2D eigenvalue weighted by Crippen LogP contribution is -2.76. The fraction of sp³-hybridized carbons (Fsp3) is 0.619. The summed E-state index contributed by atoms with van der Waals surface area (Å²) in [7, 11) is 0. The van der Waals surface area contributed by atoms with Crippen LogP contribution in [0.5, 0.6) is 0 Å². The lowest BCUT2D eigenvalue weighted by Gasteiger charge is -2.58. The monoisotopic (exact) mass is 361 g/mol. The second kappa shape index (κ2) is 8.21. The van der Waals surface area contributed by atoms with Crippen molar-refractivity contribution in [1.82, 2.24) is 5.32 Å². The molecule has 1 aliphatic carbocycles. The quantitative estimate of drug-likeness (QED) is 0.660. The Morgan fingerprint density at radius 2 is 1.88 bits per heavy atom. The van der Waals surface area contributed by atoms with E-state index in [0.717, 1.165) is 19.3 Å². The number of hydrogen-bond donors (Lipinski definition) is 2. The number of hydrogen-bond acceptors (Lipinski definition) is 3. The maximum atomic E-state index is 12.3. The number of carbonyl (C=O) groups is 2. The van der Waals surface area contributed by atoms with Crippen molar-refractivity contribution in [1.29, 1.82) is 0 Å². The van der Waals surface area contributed by atoms with E-state index in [2.05, 4.69) is 36.5 Å². The van der Waals surface area contributed by atoms with Gasteiger partial charge in [0.2, 0.25) is 5.91 Å². The molecule has 0 aromatic heterocycles. The fourth-order valence-corrected chi connectivity index (χ4v) is 3.71. The fourth-order valence-electron chi connectivity index (χ4n) is 3.71. The third kappa shape index (κ3) is 4.09. The molecule has 0 bridgehead atoms. The van der Waals surface area contributed by atoms with Crippen molar-refractivity contribution in [2.24, 2.45) is 5.41 Å². The highest BCUT2D eigenvalue weighted by molar-refractivity contribution is 5.89. The van der Waals surface area contributed by atoms with Crippen molar-refractivity contribution >= 4 is 11.9 Å². The Hall–Kier alpha value is -1.88. The summed E-state index contributed by atoms with van der Waals surface area (Å²) in [6.07, 6.45) is 3.08. The Balaban J connectivity index is 1.83. The molecule has 26 heavy (non-hydrogen) atoms. The van der Waals surface area contributed by atoms with Crippen LogP contribution in [0, 0.1) is 12.3 Å². The number of carboxylic acid groups (broad SMARTS) is 1. The smallest absolute Gasteiger partial charge is 0.330 e. The molecule has 5 nitrogen and oxygen atoms in total. The number of rotatable bonds is 9. The van der Waals surface area contributed by atoms with Crippen LogP contribution in [-0.2, 0) is 20.7 Å². The van der Waals surface area contributed by atoms with E-state index < -0.39 is 16.9 Å². The number of aryl methyl sites for hydroxylation is 2. The molecule has 1 aromatic rings. The van der Waals surface area contributed by atoms with Gasteiger partial charge in [0, 0.05) is 24.9 Å². The van der Waals surface area contributed by atoms with E-state index in [1.165, 1.54) is 11.1 Å². The first kappa shape index (κ1) is 20.4. The molecule has 5 heteroatoms. The van der Waals surface area contributed by atoms with E-state index in [1.807, 2.05) is 20.8 Å². The molecular weight excluding hydrogens is 330 g/mol. The summed E-state index contributed by atoms with van der Waals surface area (Å²) in [5, 5.41) is 12.5. The molecule has 1 aliphatic rings. The first-order valence-corrected chi connectivity index (χ1v) is 9.44. The van der Waals surface area contributed by atoms with Gasteiger partial charge in [-0.2, -0.15) is 0 Å². The molecule has 1 saturated carbocycles. The van der Waals surface area contributed by atoms with Crippen LogP contribution >= 0.6 is 0 Å². The maximum Gasteiger partial charge on any atom is 0.330 e. The van der Waals surface area contributed by atoms with Crippen LogP contribution in [-0.4, -0.2) is 35.2 Å². The molecule has 0 radical (unpaired) electrons. The van der Waals surface area contributed by atoms with Crippen molar-refractivity contribution in [3.63, 3.8) is 0 Å². The van der Waals surface area contributed by atoms with Crippen LogP contribution in [0.3, 0.4) is 0 Å². The molecule has 0 saturated heterocycles. The second-order valence-corrected chi connectivity index (χ2v) is 7.82. The van der Waals surface area contributed by atoms with Crippen LogP contribution in [0.25, 0.3) is 0 Å². The topological polar surface area (TPSA) is 75.6 Å². The zero-order valence-electron chi connectivity index (χ0n) is 16.3. The molecule has 1 amide bonds. The number of unbranched alkanes of at least 4 members (excludes halogenated alkanes) is 1. The molecule has 2 atom stereocenters. The average Bonchev–Trinajstić information content (AvgIpc) is 2.58. The summed E-state index contributed by atoms with van der Waals surface area (Å²) >= 11 is 0. The van der Waals surface area contributed by atoms with Crippen molar-refractivity contribution < 1.29 is 19.4 Å². The Labute approximate surface area is 156 Å². The van der Waals surface area contributed by atoms with Gasteiger partial charge in [0.25, 0.3) is 0 Å². The number of aliphatic carboxylic acids is 1. The first-order valence-electron chi connectivity index (χ1n) is 9.44. The zero-order chi connectivity index (χ0) is 19.4. The van der Waals surface area contributed by atoms with E-state index in [4.69, 9.17) is 4.74 Å². The van der Waals surface area contributed by atoms with E-state index in [-0.39, 0.29) is 12.0 Å². The van der Waals surface area contributed by atoms with Gasteiger partial charge in [-0.3, -0.25) is 4.79 Å². The molecule has 0 spiro atoms. The second-order valence-electron chi connectivity index (χ2n) is 7.82. The molecule has 2 rings (SSSR count). The summed E-state index contributed by atoms with van der Waals surface area (Å²) in [6, 6.07) is 8.40. The number of ether oxygens (including phenoxy) is 1. The van der Waals surface area contributed by atoms with Crippen LogP contribution in [0.15, 0.2) is 24.3 Å². The van der Waals surface area contributed by atoms with Crippen LogP contribution < -0.4 is 5.32 Å². The highest BCUT2D eigenvalue weighted by atomic mass is 16.5. The Morgan fingerprint density at radius 1 is 1.23 bits per heavy atom. The van der Waals surface area contributed by atoms with E-state index in [0.29, 0.717) is 19.4 Å². The minimum absolute atomic E-state index is 0.148. The van der Waals surface area contributed by atoms with E-state index in [1.54, 1.807) is 0 Å².